The largest absolute Gasteiger partial charge is 0.460 e. The molecule has 0 bridgehead atoms. The summed E-state index contributed by atoms with van der Waals surface area (Å²) in [5.41, 5.74) is 3.49. The smallest absolute Gasteiger partial charge is 0.142 e. The highest BCUT2D eigenvalue weighted by atomic mass is 16.3. The monoisotopic (exact) mass is 262 g/mol. The molecule has 1 heteroatoms. The van der Waals surface area contributed by atoms with Crippen LogP contribution in [0.3, 0.4) is 0 Å². The van der Waals surface area contributed by atoms with E-state index in [4.69, 9.17) is 4.42 Å². The first kappa shape index (κ1) is 12.7. The fourth-order valence-electron chi connectivity index (χ4n) is 2.33. The molecule has 0 aliphatic carbocycles. The van der Waals surface area contributed by atoms with Gasteiger partial charge in [0.2, 0.25) is 0 Å². The van der Waals surface area contributed by atoms with Gasteiger partial charge >= 0.3 is 0 Å². The predicted octanol–water partition coefficient (Wildman–Crippen LogP) is 5.74. The first-order valence-corrected chi connectivity index (χ1v) is 7.00. The zero-order valence-electron chi connectivity index (χ0n) is 11.8. The third kappa shape index (κ3) is 2.39. The minimum Gasteiger partial charge on any atom is -0.460 e. The lowest BCUT2D eigenvalue weighted by atomic mass is 10.0. The van der Waals surface area contributed by atoms with Gasteiger partial charge in [0, 0.05) is 17.0 Å². The van der Waals surface area contributed by atoms with Gasteiger partial charge in [0.05, 0.1) is 0 Å². The Hall–Kier alpha value is -2.28. The van der Waals surface area contributed by atoms with Crippen molar-refractivity contribution in [1.82, 2.24) is 0 Å². The second kappa shape index (κ2) is 5.38. The van der Waals surface area contributed by atoms with Gasteiger partial charge in [0.25, 0.3) is 0 Å². The second-order valence-electron chi connectivity index (χ2n) is 5.28. The Balaban J connectivity index is 2.18. The molecule has 0 amide bonds. The average Bonchev–Trinajstić information content (AvgIpc) is 2.94. The number of rotatable bonds is 3. The molecule has 100 valence electrons. The fourth-order valence-corrected chi connectivity index (χ4v) is 2.33. The number of hydrogen-bond donors (Lipinski definition) is 0. The molecule has 0 aliphatic heterocycles. The van der Waals surface area contributed by atoms with E-state index in [1.54, 1.807) is 0 Å². The van der Waals surface area contributed by atoms with Gasteiger partial charge in [-0.2, -0.15) is 0 Å². The van der Waals surface area contributed by atoms with Crippen LogP contribution in [0.5, 0.6) is 0 Å². The lowest BCUT2D eigenvalue weighted by molar-refractivity contribution is 0.499. The molecular formula is C19H18O. The van der Waals surface area contributed by atoms with Gasteiger partial charge < -0.3 is 4.42 Å². The van der Waals surface area contributed by atoms with E-state index >= 15 is 0 Å². The molecule has 0 atom stereocenters. The molecule has 0 radical (unpaired) electrons. The van der Waals surface area contributed by atoms with Crippen LogP contribution in [0.4, 0.5) is 0 Å². The van der Waals surface area contributed by atoms with Gasteiger partial charge in [-0.05, 0) is 11.6 Å². The second-order valence-corrected chi connectivity index (χ2v) is 5.28. The molecule has 0 spiro atoms. The van der Waals surface area contributed by atoms with Crippen LogP contribution < -0.4 is 0 Å². The van der Waals surface area contributed by atoms with Crippen molar-refractivity contribution in [2.24, 2.45) is 0 Å². The van der Waals surface area contributed by atoms with Crippen LogP contribution in [-0.4, -0.2) is 0 Å². The van der Waals surface area contributed by atoms with E-state index in [0.717, 1.165) is 17.1 Å². The first-order chi connectivity index (χ1) is 9.75. The van der Waals surface area contributed by atoms with Crippen molar-refractivity contribution in [2.75, 3.05) is 0 Å². The van der Waals surface area contributed by atoms with Gasteiger partial charge in [-0.25, -0.2) is 0 Å². The third-order valence-corrected chi connectivity index (χ3v) is 3.44. The molecule has 3 aromatic rings. The van der Waals surface area contributed by atoms with Gasteiger partial charge in [0.15, 0.2) is 0 Å². The van der Waals surface area contributed by atoms with Gasteiger partial charge in [-0.3, -0.25) is 0 Å². The quantitative estimate of drug-likeness (QED) is 0.587. The van der Waals surface area contributed by atoms with Crippen LogP contribution >= 0.6 is 0 Å². The molecule has 0 N–H and O–H groups in total. The molecule has 20 heavy (non-hydrogen) atoms. The summed E-state index contributed by atoms with van der Waals surface area (Å²) in [5, 5.41) is 0. The maximum atomic E-state index is 6.12. The lowest BCUT2D eigenvalue weighted by Crippen LogP contribution is -1.80. The summed E-state index contributed by atoms with van der Waals surface area (Å²) < 4.78 is 6.12. The summed E-state index contributed by atoms with van der Waals surface area (Å²) in [6, 6.07) is 22.9. The van der Waals surface area contributed by atoms with Crippen LogP contribution in [-0.2, 0) is 0 Å². The highest BCUT2D eigenvalue weighted by Crippen LogP contribution is 2.37. The van der Waals surface area contributed by atoms with Crippen LogP contribution in [0.2, 0.25) is 0 Å². The van der Waals surface area contributed by atoms with Crippen molar-refractivity contribution in [3.8, 4) is 22.5 Å². The summed E-state index contributed by atoms with van der Waals surface area (Å²) in [6.45, 7) is 4.31. The molecule has 1 aromatic heterocycles. The van der Waals surface area contributed by atoms with E-state index in [2.05, 4.69) is 56.3 Å². The minimum absolute atomic E-state index is 0.384. The molecule has 0 fully saturated rings. The Morgan fingerprint density at radius 1 is 0.750 bits per heavy atom. The summed E-state index contributed by atoms with van der Waals surface area (Å²) in [7, 11) is 0. The Kier molecular flexibility index (Phi) is 3.42. The molecule has 2 aromatic carbocycles. The highest BCUT2D eigenvalue weighted by molar-refractivity contribution is 5.80. The van der Waals surface area contributed by atoms with Crippen LogP contribution in [0.1, 0.15) is 25.5 Å². The van der Waals surface area contributed by atoms with Crippen molar-refractivity contribution in [2.45, 2.75) is 19.8 Å². The van der Waals surface area contributed by atoms with E-state index in [9.17, 15) is 0 Å². The normalized spacial score (nSPS) is 10.9. The summed E-state index contributed by atoms with van der Waals surface area (Å²) >= 11 is 0. The number of benzene rings is 2. The molecule has 0 saturated heterocycles. The molecule has 1 nitrogen and oxygen atoms in total. The minimum atomic E-state index is 0.384. The van der Waals surface area contributed by atoms with E-state index in [-0.39, 0.29) is 0 Å². The van der Waals surface area contributed by atoms with Crippen LogP contribution in [0.25, 0.3) is 22.5 Å². The fraction of sp³-hybridized carbons (Fsp3) is 0.158. The maximum absolute atomic E-state index is 6.12. The Labute approximate surface area is 119 Å². The van der Waals surface area contributed by atoms with E-state index < -0.39 is 0 Å². The average molecular weight is 262 g/mol. The lowest BCUT2D eigenvalue weighted by Gasteiger charge is -2.02. The summed E-state index contributed by atoms with van der Waals surface area (Å²) in [5.74, 6) is 2.37. The van der Waals surface area contributed by atoms with Gasteiger partial charge in [-0.15, -0.1) is 0 Å². The summed E-state index contributed by atoms with van der Waals surface area (Å²) in [4.78, 5) is 0. The third-order valence-electron chi connectivity index (χ3n) is 3.44. The van der Waals surface area contributed by atoms with Crippen molar-refractivity contribution in [1.29, 1.82) is 0 Å². The topological polar surface area (TPSA) is 13.1 Å². The SMILES string of the molecule is CC(C)c1cc(-c2ccccc2)c(-c2ccccc2)o1. The zero-order valence-corrected chi connectivity index (χ0v) is 11.8. The molecule has 0 aliphatic rings. The number of hydrogen-bond acceptors (Lipinski definition) is 1. The van der Waals surface area contributed by atoms with Gasteiger partial charge in [-0.1, -0.05) is 74.5 Å². The van der Waals surface area contributed by atoms with Crippen molar-refractivity contribution in [3.05, 3.63) is 72.5 Å². The molecule has 1 heterocycles. The molecular weight excluding hydrogens is 244 g/mol. The van der Waals surface area contributed by atoms with E-state index in [1.165, 1.54) is 11.1 Å². The van der Waals surface area contributed by atoms with E-state index in [1.807, 2.05) is 24.3 Å². The highest BCUT2D eigenvalue weighted by Gasteiger charge is 2.16. The first-order valence-electron chi connectivity index (χ1n) is 7.00. The van der Waals surface area contributed by atoms with Crippen molar-refractivity contribution in [3.63, 3.8) is 0 Å². The number of furan rings is 1. The molecule has 0 saturated carbocycles. The van der Waals surface area contributed by atoms with Crippen LogP contribution in [0, 0.1) is 0 Å². The Morgan fingerprint density at radius 3 is 1.85 bits per heavy atom. The molecule has 3 rings (SSSR count). The standard InChI is InChI=1S/C19H18O/c1-14(2)18-13-17(15-9-5-3-6-10-15)19(20-18)16-11-7-4-8-12-16/h3-14H,1-2H3. The van der Waals surface area contributed by atoms with E-state index in [0.29, 0.717) is 5.92 Å². The molecule has 0 unspecified atom stereocenters. The Morgan fingerprint density at radius 2 is 1.30 bits per heavy atom. The Bertz CT molecular complexity index is 621. The van der Waals surface area contributed by atoms with Crippen molar-refractivity contribution >= 4 is 0 Å². The van der Waals surface area contributed by atoms with Gasteiger partial charge in [0.1, 0.15) is 11.5 Å². The summed E-state index contributed by atoms with van der Waals surface area (Å²) in [6.07, 6.45) is 0. The predicted molar refractivity (Wildman–Crippen MR) is 83.7 cm³/mol. The maximum Gasteiger partial charge on any atom is 0.142 e. The zero-order chi connectivity index (χ0) is 13.9. The van der Waals surface area contributed by atoms with Crippen molar-refractivity contribution < 1.29 is 4.42 Å². The van der Waals surface area contributed by atoms with Crippen LogP contribution in [0.15, 0.2) is 71.1 Å².